The van der Waals surface area contributed by atoms with Crippen LogP contribution in [-0.2, 0) is 14.3 Å². The lowest BCUT2D eigenvalue weighted by atomic mass is 10.0. The van der Waals surface area contributed by atoms with E-state index >= 15 is 0 Å². The van der Waals surface area contributed by atoms with E-state index in [1.165, 1.54) is 12.5 Å². The lowest BCUT2D eigenvalue weighted by Gasteiger charge is -2.25. The van der Waals surface area contributed by atoms with Gasteiger partial charge in [-0.2, -0.15) is 0 Å². The molecular weight excluding hydrogens is 156 g/mol. The van der Waals surface area contributed by atoms with Crippen molar-refractivity contribution >= 4 is 5.97 Å². The summed E-state index contributed by atoms with van der Waals surface area (Å²) in [6, 6.07) is 0. The third-order valence-electron chi connectivity index (χ3n) is 2.26. The Morgan fingerprint density at radius 2 is 2.33 bits per heavy atom. The zero-order valence-corrected chi connectivity index (χ0v) is 6.86. The first kappa shape index (κ1) is 7.80. The Morgan fingerprint density at radius 3 is 2.92 bits per heavy atom. The molecule has 0 bridgehead atoms. The maximum Gasteiger partial charge on any atom is 0.331 e. The molecule has 12 heavy (non-hydrogen) atoms. The molecule has 0 N–H and O–H groups in total. The van der Waals surface area contributed by atoms with Gasteiger partial charge in [-0.25, -0.2) is 4.79 Å². The van der Waals surface area contributed by atoms with Gasteiger partial charge >= 0.3 is 5.97 Å². The lowest BCUT2D eigenvalue weighted by molar-refractivity contribution is -0.146. The van der Waals surface area contributed by atoms with Crippen LogP contribution in [0.3, 0.4) is 0 Å². The Morgan fingerprint density at radius 1 is 1.42 bits per heavy atom. The molecule has 1 fully saturated rings. The summed E-state index contributed by atoms with van der Waals surface area (Å²) in [6.07, 6.45) is 6.54. The third-order valence-corrected chi connectivity index (χ3v) is 2.26. The maximum atomic E-state index is 10.7. The summed E-state index contributed by atoms with van der Waals surface area (Å²) >= 11 is 0. The maximum absolute atomic E-state index is 10.7. The van der Waals surface area contributed by atoms with Crippen molar-refractivity contribution in [1.82, 2.24) is 0 Å². The van der Waals surface area contributed by atoms with Gasteiger partial charge in [-0.3, -0.25) is 0 Å². The van der Waals surface area contributed by atoms with Gasteiger partial charge in [-0.15, -0.1) is 0 Å². The molecule has 0 saturated carbocycles. The minimum atomic E-state index is -0.242. The average molecular weight is 168 g/mol. The van der Waals surface area contributed by atoms with Gasteiger partial charge in [0.05, 0.1) is 6.10 Å². The Hall–Kier alpha value is -0.830. The summed E-state index contributed by atoms with van der Waals surface area (Å²) < 4.78 is 10.5. The molecule has 1 saturated heterocycles. The monoisotopic (exact) mass is 168 g/mol. The van der Waals surface area contributed by atoms with Crippen molar-refractivity contribution in [3.8, 4) is 0 Å². The van der Waals surface area contributed by atoms with Gasteiger partial charge in [0.15, 0.2) is 0 Å². The minimum absolute atomic E-state index is 0.0986. The number of carbonyl (C=O) groups excluding carboxylic acids is 1. The van der Waals surface area contributed by atoms with Gasteiger partial charge in [0.2, 0.25) is 0 Å². The van der Waals surface area contributed by atoms with Crippen LogP contribution in [0.5, 0.6) is 0 Å². The topological polar surface area (TPSA) is 35.5 Å². The molecule has 0 aliphatic carbocycles. The van der Waals surface area contributed by atoms with Gasteiger partial charge in [0, 0.05) is 12.7 Å². The normalized spacial score (nSPS) is 35.2. The zero-order valence-electron chi connectivity index (χ0n) is 6.86. The van der Waals surface area contributed by atoms with E-state index in [2.05, 4.69) is 0 Å². The molecule has 2 aliphatic heterocycles. The first-order valence-corrected chi connectivity index (χ1v) is 4.37. The molecule has 2 atom stereocenters. The summed E-state index contributed by atoms with van der Waals surface area (Å²) in [7, 11) is 0. The number of hydrogen-bond donors (Lipinski definition) is 0. The van der Waals surface area contributed by atoms with E-state index in [9.17, 15) is 4.79 Å². The van der Waals surface area contributed by atoms with Gasteiger partial charge in [-0.1, -0.05) is 0 Å². The molecule has 66 valence electrons. The molecule has 0 aromatic heterocycles. The predicted molar refractivity (Wildman–Crippen MR) is 42.6 cm³/mol. The highest BCUT2D eigenvalue weighted by Gasteiger charge is 2.28. The standard InChI is InChI=1S/C9H12O3/c10-9-5-4-8(12-9)7-3-1-2-6-11-7/h4-5,7-8H,1-3,6H2/t7-,8+/m1/s1. The van der Waals surface area contributed by atoms with E-state index in [-0.39, 0.29) is 18.2 Å². The van der Waals surface area contributed by atoms with Crippen LogP contribution in [0.1, 0.15) is 19.3 Å². The summed E-state index contributed by atoms with van der Waals surface area (Å²) in [5, 5.41) is 0. The predicted octanol–water partition coefficient (Wildman–Crippen LogP) is 1.04. The number of cyclic esters (lactones) is 1. The second kappa shape index (κ2) is 3.27. The Bertz CT molecular complexity index is 204. The highest BCUT2D eigenvalue weighted by atomic mass is 16.6. The van der Waals surface area contributed by atoms with E-state index in [4.69, 9.17) is 9.47 Å². The number of carbonyl (C=O) groups is 1. The van der Waals surface area contributed by atoms with Crippen LogP contribution in [-0.4, -0.2) is 24.8 Å². The second-order valence-corrected chi connectivity index (χ2v) is 3.17. The van der Waals surface area contributed by atoms with Crippen LogP contribution < -0.4 is 0 Å². The smallest absolute Gasteiger partial charge is 0.331 e. The number of hydrogen-bond acceptors (Lipinski definition) is 3. The van der Waals surface area contributed by atoms with Crippen LogP contribution in [0.25, 0.3) is 0 Å². The SMILES string of the molecule is O=C1C=C[C@@H]([C@H]2CCCCO2)O1. The average Bonchev–Trinajstić information content (AvgIpc) is 2.54. The second-order valence-electron chi connectivity index (χ2n) is 3.17. The fourth-order valence-corrected chi connectivity index (χ4v) is 1.61. The first-order valence-electron chi connectivity index (χ1n) is 4.37. The van der Waals surface area contributed by atoms with Crippen molar-refractivity contribution in [2.75, 3.05) is 6.61 Å². The molecular formula is C9H12O3. The van der Waals surface area contributed by atoms with E-state index in [1.807, 2.05) is 0 Å². The van der Waals surface area contributed by atoms with Crippen LogP contribution in [0.2, 0.25) is 0 Å². The van der Waals surface area contributed by atoms with Crippen molar-refractivity contribution in [2.24, 2.45) is 0 Å². The molecule has 0 unspecified atom stereocenters. The first-order chi connectivity index (χ1) is 5.86. The summed E-state index contributed by atoms with van der Waals surface area (Å²) in [5.74, 6) is -0.242. The minimum Gasteiger partial charge on any atom is -0.452 e. The highest BCUT2D eigenvalue weighted by molar-refractivity contribution is 5.84. The molecule has 0 amide bonds. The number of esters is 1. The Kier molecular flexibility index (Phi) is 2.13. The molecule has 0 spiro atoms. The largest absolute Gasteiger partial charge is 0.452 e. The molecule has 3 heteroatoms. The molecule has 2 rings (SSSR count). The van der Waals surface area contributed by atoms with E-state index < -0.39 is 0 Å². The van der Waals surface area contributed by atoms with Crippen molar-refractivity contribution < 1.29 is 14.3 Å². The number of rotatable bonds is 1. The van der Waals surface area contributed by atoms with Gasteiger partial charge in [-0.05, 0) is 25.3 Å². The van der Waals surface area contributed by atoms with Crippen molar-refractivity contribution in [3.05, 3.63) is 12.2 Å². The van der Waals surface area contributed by atoms with Crippen LogP contribution in [0.15, 0.2) is 12.2 Å². The molecule has 0 aromatic rings. The lowest BCUT2D eigenvalue weighted by Crippen LogP contribution is -2.31. The fourth-order valence-electron chi connectivity index (χ4n) is 1.61. The molecule has 0 aromatic carbocycles. The fraction of sp³-hybridized carbons (Fsp3) is 0.667. The van der Waals surface area contributed by atoms with Crippen molar-refractivity contribution in [2.45, 2.75) is 31.5 Å². The molecule has 0 radical (unpaired) electrons. The summed E-state index contributed by atoms with van der Waals surface area (Å²) in [4.78, 5) is 10.7. The van der Waals surface area contributed by atoms with Crippen LogP contribution in [0.4, 0.5) is 0 Å². The van der Waals surface area contributed by atoms with E-state index in [0.29, 0.717) is 0 Å². The summed E-state index contributed by atoms with van der Waals surface area (Å²) in [6.45, 7) is 0.798. The summed E-state index contributed by atoms with van der Waals surface area (Å²) in [5.41, 5.74) is 0. The third kappa shape index (κ3) is 1.50. The molecule has 2 heterocycles. The molecule has 2 aliphatic rings. The van der Waals surface area contributed by atoms with E-state index in [1.54, 1.807) is 6.08 Å². The van der Waals surface area contributed by atoms with E-state index in [0.717, 1.165) is 19.4 Å². The van der Waals surface area contributed by atoms with Gasteiger partial charge in [0.1, 0.15) is 6.10 Å². The number of ether oxygens (including phenoxy) is 2. The van der Waals surface area contributed by atoms with Gasteiger partial charge < -0.3 is 9.47 Å². The Balaban J connectivity index is 1.91. The van der Waals surface area contributed by atoms with Crippen molar-refractivity contribution in [1.29, 1.82) is 0 Å². The Labute approximate surface area is 71.3 Å². The van der Waals surface area contributed by atoms with Crippen LogP contribution in [0, 0.1) is 0 Å². The highest BCUT2D eigenvalue weighted by Crippen LogP contribution is 2.21. The quantitative estimate of drug-likeness (QED) is 0.549. The zero-order chi connectivity index (χ0) is 8.39. The van der Waals surface area contributed by atoms with Gasteiger partial charge in [0.25, 0.3) is 0 Å². The molecule has 3 nitrogen and oxygen atoms in total. The van der Waals surface area contributed by atoms with Crippen molar-refractivity contribution in [3.63, 3.8) is 0 Å². The van der Waals surface area contributed by atoms with Crippen LogP contribution >= 0.6 is 0 Å².